The maximum Gasteiger partial charge on any atom is 0.319 e. The number of nitrogens with one attached hydrogen (secondary N) is 2. The molecule has 0 aliphatic heterocycles. The molecule has 0 unspecified atom stereocenters. The number of aryl methyl sites for hydroxylation is 1. The van der Waals surface area contributed by atoms with E-state index in [0.29, 0.717) is 0 Å². The second kappa shape index (κ2) is 6.12. The van der Waals surface area contributed by atoms with Gasteiger partial charge in [0, 0.05) is 23.7 Å². The molecule has 0 bridgehead atoms. The molecule has 5 nitrogen and oxygen atoms in total. The Hall–Kier alpha value is -2.82. The number of rotatable bonds is 3. The molecule has 1 aromatic heterocycles. The van der Waals surface area contributed by atoms with Gasteiger partial charge in [0.1, 0.15) is 0 Å². The summed E-state index contributed by atoms with van der Waals surface area (Å²) in [5.41, 5.74) is 2.86. The largest absolute Gasteiger partial charge is 0.331 e. The van der Waals surface area contributed by atoms with Crippen LogP contribution in [0.1, 0.15) is 24.2 Å². The Labute approximate surface area is 135 Å². The lowest BCUT2D eigenvalue weighted by Crippen LogP contribution is -2.31. The van der Waals surface area contributed by atoms with Crippen molar-refractivity contribution >= 4 is 22.5 Å². The van der Waals surface area contributed by atoms with Crippen LogP contribution >= 0.6 is 0 Å². The summed E-state index contributed by atoms with van der Waals surface area (Å²) in [6.45, 7) is 3.94. The average molecular weight is 308 g/mol. The summed E-state index contributed by atoms with van der Waals surface area (Å²) in [6, 6.07) is 13.5. The molecule has 118 valence electrons. The van der Waals surface area contributed by atoms with E-state index >= 15 is 0 Å². The highest BCUT2D eigenvalue weighted by atomic mass is 16.2. The Bertz CT molecular complexity index is 848. The summed E-state index contributed by atoms with van der Waals surface area (Å²) in [6.07, 6.45) is 1.79. The summed E-state index contributed by atoms with van der Waals surface area (Å²) in [4.78, 5) is 12.3. The highest BCUT2D eigenvalue weighted by Crippen LogP contribution is 2.23. The van der Waals surface area contributed by atoms with Gasteiger partial charge < -0.3 is 10.6 Å². The first-order valence-corrected chi connectivity index (χ1v) is 7.60. The van der Waals surface area contributed by atoms with Crippen LogP contribution in [0.3, 0.4) is 0 Å². The molecular formula is C18H20N4O. The normalized spacial score (nSPS) is 12.1. The second-order valence-electron chi connectivity index (χ2n) is 5.66. The summed E-state index contributed by atoms with van der Waals surface area (Å²) in [5.74, 6) is 0. The van der Waals surface area contributed by atoms with E-state index in [1.807, 2.05) is 63.4 Å². The van der Waals surface area contributed by atoms with Crippen LogP contribution in [0.4, 0.5) is 10.5 Å². The maximum absolute atomic E-state index is 12.3. The molecule has 0 saturated heterocycles. The lowest BCUT2D eigenvalue weighted by molar-refractivity contribution is 0.249. The van der Waals surface area contributed by atoms with Crippen molar-refractivity contribution in [3.8, 4) is 0 Å². The first-order chi connectivity index (χ1) is 11.1. The zero-order valence-corrected chi connectivity index (χ0v) is 13.5. The number of benzene rings is 2. The molecule has 5 heteroatoms. The number of anilines is 1. The summed E-state index contributed by atoms with van der Waals surface area (Å²) >= 11 is 0. The molecule has 3 aromatic rings. The third kappa shape index (κ3) is 3.04. The highest BCUT2D eigenvalue weighted by molar-refractivity contribution is 6.01. The SMILES string of the molecule is Cc1c([C@H](C)NC(=O)Nc2cccc3ccccc23)cnn1C. The first-order valence-electron chi connectivity index (χ1n) is 7.60. The van der Waals surface area contributed by atoms with Gasteiger partial charge in [-0.15, -0.1) is 0 Å². The molecule has 2 aromatic carbocycles. The molecule has 1 heterocycles. The number of aromatic nitrogens is 2. The number of amides is 2. The van der Waals surface area contributed by atoms with Crippen molar-refractivity contribution in [3.05, 3.63) is 59.9 Å². The molecular weight excluding hydrogens is 288 g/mol. The lowest BCUT2D eigenvalue weighted by Gasteiger charge is -2.15. The Kier molecular flexibility index (Phi) is 4.02. The van der Waals surface area contributed by atoms with Crippen LogP contribution in [0, 0.1) is 6.92 Å². The molecule has 0 fully saturated rings. The Morgan fingerprint density at radius 1 is 1.17 bits per heavy atom. The van der Waals surface area contributed by atoms with E-state index in [4.69, 9.17) is 0 Å². The molecule has 3 rings (SSSR count). The number of urea groups is 1. The van der Waals surface area contributed by atoms with Crippen molar-refractivity contribution < 1.29 is 4.79 Å². The van der Waals surface area contributed by atoms with Crippen LogP contribution in [0.25, 0.3) is 10.8 Å². The fourth-order valence-electron chi connectivity index (χ4n) is 2.71. The van der Waals surface area contributed by atoms with Gasteiger partial charge in [-0.1, -0.05) is 36.4 Å². The standard InChI is InChI=1S/C18H20N4O/c1-12(16-11-19-22(3)13(16)2)20-18(23)21-17-10-6-8-14-7-4-5-9-15(14)17/h4-12H,1-3H3,(H2,20,21,23)/t12-/m0/s1. The molecule has 0 saturated carbocycles. The van der Waals surface area contributed by atoms with Crippen molar-refractivity contribution in [1.29, 1.82) is 0 Å². The molecule has 2 N–H and O–H groups in total. The fraction of sp³-hybridized carbons (Fsp3) is 0.222. The minimum absolute atomic E-state index is 0.112. The van der Waals surface area contributed by atoms with Gasteiger partial charge in [-0.2, -0.15) is 5.10 Å². The van der Waals surface area contributed by atoms with Crippen molar-refractivity contribution in [2.75, 3.05) is 5.32 Å². The topological polar surface area (TPSA) is 59.0 Å². The zero-order valence-electron chi connectivity index (χ0n) is 13.5. The summed E-state index contributed by atoms with van der Waals surface area (Å²) in [7, 11) is 1.89. The van der Waals surface area contributed by atoms with Gasteiger partial charge in [-0.3, -0.25) is 4.68 Å². The second-order valence-corrected chi connectivity index (χ2v) is 5.66. The van der Waals surface area contributed by atoms with Gasteiger partial charge >= 0.3 is 6.03 Å². The quantitative estimate of drug-likeness (QED) is 0.774. The van der Waals surface area contributed by atoms with E-state index in [0.717, 1.165) is 27.7 Å². The summed E-state index contributed by atoms with van der Waals surface area (Å²) in [5, 5.41) is 12.2. The molecule has 2 amide bonds. The lowest BCUT2D eigenvalue weighted by atomic mass is 10.1. The van der Waals surface area contributed by atoms with E-state index in [2.05, 4.69) is 15.7 Å². The minimum atomic E-state index is -0.225. The van der Waals surface area contributed by atoms with Crippen LogP contribution < -0.4 is 10.6 Å². The van der Waals surface area contributed by atoms with Gasteiger partial charge in [0.05, 0.1) is 17.9 Å². The maximum atomic E-state index is 12.3. The molecule has 0 radical (unpaired) electrons. The van der Waals surface area contributed by atoms with E-state index < -0.39 is 0 Å². The smallest absolute Gasteiger partial charge is 0.319 e. The number of hydrogen-bond acceptors (Lipinski definition) is 2. The Morgan fingerprint density at radius 3 is 2.65 bits per heavy atom. The third-order valence-electron chi connectivity index (χ3n) is 4.13. The molecule has 0 spiro atoms. The van der Waals surface area contributed by atoms with Crippen LogP contribution in [0.15, 0.2) is 48.7 Å². The Morgan fingerprint density at radius 2 is 1.91 bits per heavy atom. The van der Waals surface area contributed by atoms with Crippen molar-refractivity contribution in [2.45, 2.75) is 19.9 Å². The van der Waals surface area contributed by atoms with Crippen molar-refractivity contribution in [1.82, 2.24) is 15.1 Å². The average Bonchev–Trinajstić information content (AvgIpc) is 2.87. The zero-order chi connectivity index (χ0) is 16.4. The van der Waals surface area contributed by atoms with Crippen molar-refractivity contribution in [2.24, 2.45) is 7.05 Å². The number of fused-ring (bicyclic) bond motifs is 1. The number of carbonyl (C=O) groups is 1. The van der Waals surface area contributed by atoms with Crippen LogP contribution in [0.5, 0.6) is 0 Å². The number of hydrogen-bond donors (Lipinski definition) is 2. The van der Waals surface area contributed by atoms with Gasteiger partial charge in [0.25, 0.3) is 0 Å². The number of nitrogens with zero attached hydrogens (tertiary/aromatic N) is 2. The predicted octanol–water partition coefficient (Wildman–Crippen LogP) is 3.76. The molecule has 23 heavy (non-hydrogen) atoms. The highest BCUT2D eigenvalue weighted by Gasteiger charge is 2.15. The molecule has 1 atom stereocenters. The third-order valence-corrected chi connectivity index (χ3v) is 4.13. The van der Waals surface area contributed by atoms with Gasteiger partial charge in [0.2, 0.25) is 0 Å². The van der Waals surface area contributed by atoms with E-state index in [-0.39, 0.29) is 12.1 Å². The van der Waals surface area contributed by atoms with Crippen LogP contribution in [-0.2, 0) is 7.05 Å². The van der Waals surface area contributed by atoms with Crippen LogP contribution in [0.2, 0.25) is 0 Å². The van der Waals surface area contributed by atoms with Crippen molar-refractivity contribution in [3.63, 3.8) is 0 Å². The predicted molar refractivity (Wildman–Crippen MR) is 92.5 cm³/mol. The van der Waals surface area contributed by atoms with E-state index in [9.17, 15) is 4.79 Å². The van der Waals surface area contributed by atoms with Gasteiger partial charge in [-0.05, 0) is 25.3 Å². The fourth-order valence-corrected chi connectivity index (χ4v) is 2.71. The molecule has 0 aliphatic rings. The summed E-state index contributed by atoms with van der Waals surface area (Å²) < 4.78 is 1.80. The van der Waals surface area contributed by atoms with Gasteiger partial charge in [-0.25, -0.2) is 4.79 Å². The Balaban J connectivity index is 1.75. The van der Waals surface area contributed by atoms with Gasteiger partial charge in [0.15, 0.2) is 0 Å². The first kappa shape index (κ1) is 15.1. The van der Waals surface area contributed by atoms with E-state index in [1.165, 1.54) is 0 Å². The molecule has 0 aliphatic carbocycles. The number of carbonyl (C=O) groups excluding carboxylic acids is 1. The van der Waals surface area contributed by atoms with E-state index in [1.54, 1.807) is 10.9 Å². The monoisotopic (exact) mass is 308 g/mol. The minimum Gasteiger partial charge on any atom is -0.331 e. The van der Waals surface area contributed by atoms with Crippen LogP contribution in [-0.4, -0.2) is 15.8 Å².